The molecule has 1 fully saturated rings. The topological polar surface area (TPSA) is 42.1 Å². The van der Waals surface area contributed by atoms with E-state index in [-0.39, 0.29) is 0 Å². The molecule has 15 heavy (non-hydrogen) atoms. The van der Waals surface area contributed by atoms with Crippen molar-refractivity contribution < 1.29 is 0 Å². The minimum absolute atomic E-state index is 0.381. The Morgan fingerprint density at radius 3 is 2.80 bits per heavy atom. The van der Waals surface area contributed by atoms with Crippen LogP contribution in [0, 0.1) is 6.92 Å². The van der Waals surface area contributed by atoms with Gasteiger partial charge in [-0.1, -0.05) is 6.07 Å². The highest BCUT2D eigenvalue weighted by Crippen LogP contribution is 2.32. The lowest BCUT2D eigenvalue weighted by molar-refractivity contribution is 0.629. The molecule has 0 aliphatic heterocycles. The highest BCUT2D eigenvalue weighted by Gasteiger charge is 2.32. The van der Waals surface area contributed by atoms with Crippen LogP contribution in [0.1, 0.15) is 25.5 Å². The molecule has 0 amide bonds. The minimum atomic E-state index is 0.381. The van der Waals surface area contributed by atoms with Crippen molar-refractivity contribution in [3.05, 3.63) is 23.9 Å². The third-order valence-corrected chi connectivity index (χ3v) is 2.89. The Kier molecular flexibility index (Phi) is 2.91. The third kappa shape index (κ3) is 2.29. The van der Waals surface area contributed by atoms with E-state index in [0.29, 0.717) is 18.6 Å². The van der Waals surface area contributed by atoms with Gasteiger partial charge in [-0.25, -0.2) is 4.98 Å². The minimum Gasteiger partial charge on any atom is -0.350 e. The molecule has 1 aliphatic carbocycles. The SMILES string of the molecule is Cc1cccc(N(C(C)CN)C2CC2)n1. The fraction of sp³-hybridized carbons (Fsp3) is 0.583. The second-order valence-corrected chi connectivity index (χ2v) is 4.36. The third-order valence-electron chi connectivity index (χ3n) is 2.89. The van der Waals surface area contributed by atoms with Crippen molar-refractivity contribution >= 4 is 5.82 Å². The molecule has 1 heterocycles. The van der Waals surface area contributed by atoms with Gasteiger partial charge >= 0.3 is 0 Å². The Labute approximate surface area is 91.3 Å². The van der Waals surface area contributed by atoms with Gasteiger partial charge in [0.15, 0.2) is 0 Å². The van der Waals surface area contributed by atoms with Crippen LogP contribution >= 0.6 is 0 Å². The number of hydrogen-bond acceptors (Lipinski definition) is 3. The summed E-state index contributed by atoms with van der Waals surface area (Å²) in [5.74, 6) is 1.08. The monoisotopic (exact) mass is 205 g/mol. The molecule has 1 aromatic heterocycles. The zero-order valence-corrected chi connectivity index (χ0v) is 9.48. The maximum atomic E-state index is 5.74. The number of anilines is 1. The Hall–Kier alpha value is -1.09. The van der Waals surface area contributed by atoms with Crippen molar-refractivity contribution in [3.8, 4) is 0 Å². The van der Waals surface area contributed by atoms with Crippen LogP contribution in [0.25, 0.3) is 0 Å². The lowest BCUT2D eigenvalue weighted by atomic mass is 10.2. The van der Waals surface area contributed by atoms with Crippen LogP contribution in [0.15, 0.2) is 18.2 Å². The Balaban J connectivity index is 2.23. The summed E-state index contributed by atoms with van der Waals surface area (Å²) in [6.45, 7) is 4.89. The molecule has 2 N–H and O–H groups in total. The highest BCUT2D eigenvalue weighted by molar-refractivity contribution is 5.43. The summed E-state index contributed by atoms with van der Waals surface area (Å²) >= 11 is 0. The first-order valence-electron chi connectivity index (χ1n) is 5.64. The van der Waals surface area contributed by atoms with Gasteiger partial charge in [-0.15, -0.1) is 0 Å². The fourth-order valence-corrected chi connectivity index (χ4v) is 1.91. The highest BCUT2D eigenvalue weighted by atomic mass is 15.3. The number of rotatable bonds is 4. The van der Waals surface area contributed by atoms with E-state index in [2.05, 4.69) is 28.9 Å². The number of nitrogens with zero attached hydrogens (tertiary/aromatic N) is 2. The summed E-state index contributed by atoms with van der Waals surface area (Å²) in [4.78, 5) is 6.94. The van der Waals surface area contributed by atoms with Crippen molar-refractivity contribution in [2.45, 2.75) is 38.8 Å². The molecule has 3 nitrogen and oxygen atoms in total. The molecule has 1 aliphatic rings. The molecule has 0 bridgehead atoms. The van der Waals surface area contributed by atoms with Crippen molar-refractivity contribution in [1.82, 2.24) is 4.98 Å². The molecule has 0 saturated heterocycles. The van der Waals surface area contributed by atoms with E-state index in [4.69, 9.17) is 5.73 Å². The van der Waals surface area contributed by atoms with Gasteiger partial charge in [0.2, 0.25) is 0 Å². The quantitative estimate of drug-likeness (QED) is 0.813. The summed E-state index contributed by atoms with van der Waals surface area (Å²) in [6.07, 6.45) is 2.56. The summed E-state index contributed by atoms with van der Waals surface area (Å²) < 4.78 is 0. The zero-order valence-electron chi connectivity index (χ0n) is 9.48. The molecular weight excluding hydrogens is 186 g/mol. The normalized spacial score (nSPS) is 17.5. The largest absolute Gasteiger partial charge is 0.350 e. The van der Waals surface area contributed by atoms with Crippen molar-refractivity contribution in [2.24, 2.45) is 5.73 Å². The van der Waals surface area contributed by atoms with E-state index < -0.39 is 0 Å². The molecule has 1 unspecified atom stereocenters. The van der Waals surface area contributed by atoms with Crippen LogP contribution in [0.2, 0.25) is 0 Å². The van der Waals surface area contributed by atoms with E-state index in [0.717, 1.165) is 11.5 Å². The summed E-state index contributed by atoms with van der Waals surface area (Å²) in [6, 6.07) is 7.22. The number of hydrogen-bond donors (Lipinski definition) is 1. The van der Waals surface area contributed by atoms with Crippen molar-refractivity contribution in [3.63, 3.8) is 0 Å². The molecule has 0 spiro atoms. The van der Waals surface area contributed by atoms with E-state index in [1.54, 1.807) is 0 Å². The van der Waals surface area contributed by atoms with E-state index in [1.165, 1.54) is 12.8 Å². The van der Waals surface area contributed by atoms with Crippen LogP contribution in [0.4, 0.5) is 5.82 Å². The van der Waals surface area contributed by atoms with Crippen molar-refractivity contribution in [2.75, 3.05) is 11.4 Å². The van der Waals surface area contributed by atoms with E-state index in [1.807, 2.05) is 13.0 Å². The van der Waals surface area contributed by atoms with Gasteiger partial charge in [-0.05, 0) is 38.8 Å². The molecule has 82 valence electrons. The fourth-order valence-electron chi connectivity index (χ4n) is 1.91. The molecule has 1 atom stereocenters. The molecule has 3 heteroatoms. The first-order chi connectivity index (χ1) is 7.22. The average Bonchev–Trinajstić information content (AvgIpc) is 3.02. The first kappa shape index (κ1) is 10.4. The lowest BCUT2D eigenvalue weighted by Gasteiger charge is -2.29. The van der Waals surface area contributed by atoms with E-state index >= 15 is 0 Å². The predicted molar refractivity (Wildman–Crippen MR) is 63.0 cm³/mol. The number of aromatic nitrogens is 1. The zero-order chi connectivity index (χ0) is 10.8. The van der Waals surface area contributed by atoms with Gasteiger partial charge in [0.25, 0.3) is 0 Å². The summed E-state index contributed by atoms with van der Waals surface area (Å²) in [7, 11) is 0. The Morgan fingerprint density at radius 1 is 1.53 bits per heavy atom. The van der Waals surface area contributed by atoms with Gasteiger partial charge < -0.3 is 10.6 Å². The Morgan fingerprint density at radius 2 is 2.27 bits per heavy atom. The molecule has 2 rings (SSSR count). The Bertz CT molecular complexity index is 333. The second kappa shape index (κ2) is 4.19. The average molecular weight is 205 g/mol. The number of nitrogens with two attached hydrogens (primary N) is 1. The maximum absolute atomic E-state index is 5.74. The number of aryl methyl sites for hydroxylation is 1. The van der Waals surface area contributed by atoms with Crippen LogP contribution in [-0.4, -0.2) is 23.6 Å². The van der Waals surface area contributed by atoms with Crippen LogP contribution < -0.4 is 10.6 Å². The second-order valence-electron chi connectivity index (χ2n) is 4.36. The van der Waals surface area contributed by atoms with E-state index in [9.17, 15) is 0 Å². The number of pyridine rings is 1. The molecule has 0 radical (unpaired) electrons. The van der Waals surface area contributed by atoms with Crippen LogP contribution in [0.3, 0.4) is 0 Å². The summed E-state index contributed by atoms with van der Waals surface area (Å²) in [5, 5.41) is 0. The van der Waals surface area contributed by atoms with Gasteiger partial charge in [0.1, 0.15) is 5.82 Å². The predicted octanol–water partition coefficient (Wildman–Crippen LogP) is 1.71. The van der Waals surface area contributed by atoms with Gasteiger partial charge in [-0.3, -0.25) is 0 Å². The molecule has 1 aromatic rings. The maximum Gasteiger partial charge on any atom is 0.129 e. The van der Waals surface area contributed by atoms with Gasteiger partial charge in [0.05, 0.1) is 0 Å². The molecule has 1 saturated carbocycles. The molecular formula is C12H19N3. The van der Waals surface area contributed by atoms with Crippen molar-refractivity contribution in [1.29, 1.82) is 0 Å². The van der Waals surface area contributed by atoms with Crippen LogP contribution in [-0.2, 0) is 0 Å². The summed E-state index contributed by atoms with van der Waals surface area (Å²) in [5.41, 5.74) is 6.82. The van der Waals surface area contributed by atoms with Crippen LogP contribution in [0.5, 0.6) is 0 Å². The van der Waals surface area contributed by atoms with Gasteiger partial charge in [-0.2, -0.15) is 0 Å². The van der Waals surface area contributed by atoms with Gasteiger partial charge in [0, 0.05) is 24.3 Å². The standard InChI is InChI=1S/C12H19N3/c1-9-4-3-5-12(14-9)15(10(2)8-13)11-6-7-11/h3-5,10-11H,6-8,13H2,1-2H3. The smallest absolute Gasteiger partial charge is 0.129 e. The lowest BCUT2D eigenvalue weighted by Crippen LogP contribution is -2.40. The molecule has 0 aromatic carbocycles. The first-order valence-corrected chi connectivity index (χ1v) is 5.64.